The Morgan fingerprint density at radius 2 is 2.41 bits per heavy atom. The minimum Gasteiger partial charge on any atom is -0.465 e. The zero-order valence-corrected chi connectivity index (χ0v) is 12.4. The Morgan fingerprint density at radius 1 is 1.55 bits per heavy atom. The van der Waals surface area contributed by atoms with Crippen LogP contribution in [-0.2, 0) is 9.53 Å². The van der Waals surface area contributed by atoms with Crippen LogP contribution in [0.25, 0.3) is 0 Å². The molecule has 9 nitrogen and oxygen atoms in total. The molecule has 1 atom stereocenters. The van der Waals surface area contributed by atoms with Crippen LogP contribution >= 0.6 is 0 Å². The van der Waals surface area contributed by atoms with Crippen LogP contribution in [0.3, 0.4) is 0 Å². The molecule has 0 spiro atoms. The first kappa shape index (κ1) is 14.5. The third-order valence-corrected chi connectivity index (χ3v) is 3.27. The lowest BCUT2D eigenvalue weighted by molar-refractivity contribution is -0.141. The molecule has 118 valence electrons. The van der Waals surface area contributed by atoms with Crippen LogP contribution in [0.4, 0.5) is 0 Å². The van der Waals surface area contributed by atoms with Crippen LogP contribution in [0.5, 0.6) is 5.88 Å². The quantitative estimate of drug-likeness (QED) is 0.870. The molecule has 1 N–H and O–H groups in total. The summed E-state index contributed by atoms with van der Waals surface area (Å²) in [4.78, 5) is 18.1. The molecule has 3 heterocycles. The molecule has 0 saturated carbocycles. The van der Waals surface area contributed by atoms with Crippen LogP contribution < -0.4 is 4.74 Å². The van der Waals surface area contributed by atoms with Crippen LogP contribution in [0.1, 0.15) is 23.5 Å². The number of carbonyl (C=O) groups is 1. The van der Waals surface area contributed by atoms with E-state index in [0.717, 1.165) is 0 Å². The third-order valence-electron chi connectivity index (χ3n) is 3.27. The van der Waals surface area contributed by atoms with Crippen LogP contribution in [0.2, 0.25) is 0 Å². The number of aryl methyl sites for hydroxylation is 2. The second kappa shape index (κ2) is 6.14. The maximum atomic E-state index is 12.2. The van der Waals surface area contributed by atoms with Gasteiger partial charge in [-0.25, -0.2) is 4.98 Å². The Labute approximate surface area is 126 Å². The average molecular weight is 307 g/mol. The SMILES string of the molecule is Cc1nc([C@@H]2CN(C(=O)COc3cc(C)on3)CCO2)n[nH]1. The molecular formula is C13H17N5O4. The van der Waals surface area contributed by atoms with Gasteiger partial charge in [-0.3, -0.25) is 9.89 Å². The molecule has 1 amide bonds. The second-order valence-electron chi connectivity index (χ2n) is 5.04. The third kappa shape index (κ3) is 3.25. The Hall–Kier alpha value is -2.42. The molecule has 9 heteroatoms. The summed E-state index contributed by atoms with van der Waals surface area (Å²) in [7, 11) is 0. The number of morpholine rings is 1. The highest BCUT2D eigenvalue weighted by molar-refractivity contribution is 5.77. The zero-order valence-electron chi connectivity index (χ0n) is 12.4. The maximum absolute atomic E-state index is 12.2. The van der Waals surface area contributed by atoms with Crippen LogP contribution in [0.15, 0.2) is 10.6 Å². The fraction of sp³-hybridized carbons (Fsp3) is 0.538. The summed E-state index contributed by atoms with van der Waals surface area (Å²) in [5.41, 5.74) is 0. The standard InChI is InChI=1S/C13H17N5O4/c1-8-5-11(17-22-8)21-7-12(19)18-3-4-20-10(6-18)13-14-9(2)15-16-13/h5,10H,3-4,6-7H2,1-2H3,(H,14,15,16)/t10-/m0/s1. The van der Waals surface area contributed by atoms with Gasteiger partial charge in [-0.05, 0) is 19.0 Å². The molecule has 1 saturated heterocycles. The van der Waals surface area contributed by atoms with E-state index in [2.05, 4.69) is 20.3 Å². The van der Waals surface area contributed by atoms with Gasteiger partial charge in [0.05, 0.1) is 13.2 Å². The summed E-state index contributed by atoms with van der Waals surface area (Å²) in [6, 6.07) is 1.63. The normalized spacial score (nSPS) is 18.5. The van der Waals surface area contributed by atoms with E-state index < -0.39 is 0 Å². The first-order chi connectivity index (χ1) is 10.6. The molecule has 0 bridgehead atoms. The van der Waals surface area contributed by atoms with Crippen molar-refractivity contribution < 1.29 is 18.8 Å². The van der Waals surface area contributed by atoms with Crippen molar-refractivity contribution >= 4 is 5.91 Å². The van der Waals surface area contributed by atoms with E-state index >= 15 is 0 Å². The van der Waals surface area contributed by atoms with Gasteiger partial charge in [0, 0.05) is 12.6 Å². The lowest BCUT2D eigenvalue weighted by Crippen LogP contribution is -2.44. The molecule has 0 radical (unpaired) electrons. The highest BCUT2D eigenvalue weighted by Crippen LogP contribution is 2.19. The fourth-order valence-corrected chi connectivity index (χ4v) is 2.17. The van der Waals surface area contributed by atoms with Gasteiger partial charge in [-0.15, -0.1) is 0 Å². The predicted molar refractivity (Wildman–Crippen MR) is 73.1 cm³/mol. The molecule has 2 aromatic heterocycles. The molecule has 1 fully saturated rings. The molecule has 22 heavy (non-hydrogen) atoms. The number of ether oxygens (including phenoxy) is 2. The van der Waals surface area contributed by atoms with Gasteiger partial charge in [0.15, 0.2) is 12.4 Å². The van der Waals surface area contributed by atoms with Crippen molar-refractivity contribution in [3.05, 3.63) is 23.5 Å². The van der Waals surface area contributed by atoms with Crippen molar-refractivity contribution in [3.8, 4) is 5.88 Å². The van der Waals surface area contributed by atoms with Crippen molar-refractivity contribution in [1.29, 1.82) is 0 Å². The van der Waals surface area contributed by atoms with E-state index in [4.69, 9.17) is 14.0 Å². The van der Waals surface area contributed by atoms with E-state index in [9.17, 15) is 4.79 Å². The molecule has 0 aliphatic carbocycles. The van der Waals surface area contributed by atoms with Crippen molar-refractivity contribution in [2.75, 3.05) is 26.3 Å². The lowest BCUT2D eigenvalue weighted by atomic mass is 10.2. The first-order valence-electron chi connectivity index (χ1n) is 6.96. The minimum absolute atomic E-state index is 0.0916. The number of nitrogens with zero attached hydrogens (tertiary/aromatic N) is 4. The number of amides is 1. The summed E-state index contributed by atoms with van der Waals surface area (Å²) in [5.74, 6) is 2.07. The summed E-state index contributed by atoms with van der Waals surface area (Å²) in [5, 5.41) is 10.5. The van der Waals surface area contributed by atoms with E-state index in [1.807, 2.05) is 6.92 Å². The average Bonchev–Trinajstić information content (AvgIpc) is 3.13. The van der Waals surface area contributed by atoms with E-state index in [-0.39, 0.29) is 18.6 Å². The number of carbonyl (C=O) groups excluding carboxylic acids is 1. The maximum Gasteiger partial charge on any atom is 0.260 e. The van der Waals surface area contributed by atoms with Gasteiger partial charge in [0.2, 0.25) is 0 Å². The summed E-state index contributed by atoms with van der Waals surface area (Å²) >= 11 is 0. The van der Waals surface area contributed by atoms with Gasteiger partial charge >= 0.3 is 0 Å². The Balaban J connectivity index is 1.55. The summed E-state index contributed by atoms with van der Waals surface area (Å²) in [6.45, 7) is 4.83. The second-order valence-corrected chi connectivity index (χ2v) is 5.04. The van der Waals surface area contributed by atoms with Crippen LogP contribution in [-0.4, -0.2) is 57.4 Å². The van der Waals surface area contributed by atoms with Crippen LogP contribution in [0, 0.1) is 13.8 Å². The number of H-pyrrole nitrogens is 1. The molecule has 2 aromatic rings. The van der Waals surface area contributed by atoms with Crippen molar-refractivity contribution in [2.24, 2.45) is 0 Å². The summed E-state index contributed by atoms with van der Waals surface area (Å²) < 4.78 is 15.8. The zero-order chi connectivity index (χ0) is 15.5. The monoisotopic (exact) mass is 307 g/mol. The number of aromatic nitrogens is 4. The highest BCUT2D eigenvalue weighted by atomic mass is 16.5. The molecule has 3 rings (SSSR count). The largest absolute Gasteiger partial charge is 0.465 e. The van der Waals surface area contributed by atoms with E-state index in [1.165, 1.54) is 0 Å². The number of hydrogen-bond acceptors (Lipinski definition) is 7. The summed E-state index contributed by atoms with van der Waals surface area (Å²) in [6.07, 6.45) is -0.322. The Morgan fingerprint density at radius 3 is 3.09 bits per heavy atom. The van der Waals surface area contributed by atoms with E-state index in [0.29, 0.717) is 43.0 Å². The topological polar surface area (TPSA) is 106 Å². The van der Waals surface area contributed by atoms with Crippen molar-refractivity contribution in [1.82, 2.24) is 25.2 Å². The Bertz CT molecular complexity index is 652. The highest BCUT2D eigenvalue weighted by Gasteiger charge is 2.28. The molecule has 0 aromatic carbocycles. The van der Waals surface area contributed by atoms with Gasteiger partial charge in [-0.1, -0.05) is 0 Å². The Kier molecular flexibility index (Phi) is 4.05. The predicted octanol–water partition coefficient (Wildman–Crippen LogP) is 0.388. The number of nitrogens with one attached hydrogen (secondary N) is 1. The number of aromatic amines is 1. The van der Waals surface area contributed by atoms with Gasteiger partial charge in [0.1, 0.15) is 17.7 Å². The van der Waals surface area contributed by atoms with Gasteiger partial charge in [-0.2, -0.15) is 5.10 Å². The molecule has 0 unspecified atom stereocenters. The molecular weight excluding hydrogens is 290 g/mol. The smallest absolute Gasteiger partial charge is 0.260 e. The van der Waals surface area contributed by atoms with Crippen molar-refractivity contribution in [2.45, 2.75) is 20.0 Å². The first-order valence-corrected chi connectivity index (χ1v) is 6.96. The molecule has 1 aliphatic rings. The fourth-order valence-electron chi connectivity index (χ4n) is 2.17. The molecule has 1 aliphatic heterocycles. The lowest BCUT2D eigenvalue weighted by Gasteiger charge is -2.31. The number of hydrogen-bond donors (Lipinski definition) is 1. The number of rotatable bonds is 4. The van der Waals surface area contributed by atoms with Crippen molar-refractivity contribution in [3.63, 3.8) is 0 Å². The van der Waals surface area contributed by atoms with E-state index in [1.54, 1.807) is 17.9 Å². The van der Waals surface area contributed by atoms with Gasteiger partial charge in [0.25, 0.3) is 11.8 Å². The minimum atomic E-state index is -0.322. The van der Waals surface area contributed by atoms with Gasteiger partial charge < -0.3 is 18.9 Å².